The molecule has 0 amide bonds. The average Bonchev–Trinajstić information content (AvgIpc) is 3.31. The molecule has 0 bridgehead atoms. The number of fused-ring (bicyclic) bond motifs is 1. The maximum Gasteiger partial charge on any atom is 0.341 e. The minimum absolute atomic E-state index is 0.198. The fourth-order valence-corrected chi connectivity index (χ4v) is 2.60. The van der Waals surface area contributed by atoms with Crippen LogP contribution in [0.1, 0.15) is 10.4 Å². The minimum atomic E-state index is -0.572. The highest BCUT2D eigenvalue weighted by molar-refractivity contribution is 5.96. The number of pyridine rings is 1. The largest absolute Gasteiger partial charge is 0.465 e. The van der Waals surface area contributed by atoms with Crippen LogP contribution >= 0.6 is 0 Å². The highest BCUT2D eigenvalue weighted by atomic mass is 16.5. The number of hydrogen-bond acceptors (Lipinski definition) is 6. The summed E-state index contributed by atoms with van der Waals surface area (Å²) in [5.41, 5.74) is 1.95. The monoisotopic (exact) mass is 336 g/mol. The number of ether oxygens (including phenoxy) is 1. The summed E-state index contributed by atoms with van der Waals surface area (Å²) in [6.45, 7) is 0. The van der Waals surface area contributed by atoms with Crippen molar-refractivity contribution in [3.8, 4) is 28.3 Å². The number of methoxy groups -OCH3 is 1. The van der Waals surface area contributed by atoms with E-state index in [1.54, 1.807) is 17.0 Å². The molecule has 0 unspecified atom stereocenters. The molecule has 2 aromatic rings. The molecule has 0 saturated carbocycles. The number of aromatic nitrogens is 6. The number of rotatable bonds is 3. The average molecular weight is 336 g/mol. The molecule has 1 aromatic heterocycles. The van der Waals surface area contributed by atoms with E-state index in [0.29, 0.717) is 11.4 Å². The van der Waals surface area contributed by atoms with Gasteiger partial charge in [-0.05, 0) is 12.1 Å². The van der Waals surface area contributed by atoms with Gasteiger partial charge in [0, 0.05) is 23.6 Å². The smallest absolute Gasteiger partial charge is 0.341 e. The van der Waals surface area contributed by atoms with Crippen molar-refractivity contribution in [2.75, 3.05) is 7.11 Å². The second-order valence-corrected chi connectivity index (χ2v) is 5.27. The molecule has 2 aliphatic heterocycles. The van der Waals surface area contributed by atoms with E-state index in [9.17, 15) is 9.59 Å². The van der Waals surface area contributed by atoms with E-state index in [-0.39, 0.29) is 16.8 Å². The summed E-state index contributed by atoms with van der Waals surface area (Å²) in [6.07, 6.45) is 4.62. The Balaban J connectivity index is 1.91. The number of nitrogens with one attached hydrogen (secondary N) is 2. The van der Waals surface area contributed by atoms with Gasteiger partial charge >= 0.3 is 5.97 Å². The van der Waals surface area contributed by atoms with Crippen molar-refractivity contribution < 1.29 is 9.53 Å². The Morgan fingerprint density at radius 3 is 2.88 bits per heavy atom. The van der Waals surface area contributed by atoms with Gasteiger partial charge in [0.05, 0.1) is 12.7 Å². The predicted octanol–water partition coefficient (Wildman–Crippen LogP) is 1.24. The molecule has 1 aromatic carbocycles. The molecule has 9 heteroatoms. The van der Waals surface area contributed by atoms with Crippen LogP contribution in [-0.4, -0.2) is 43.0 Å². The third kappa shape index (κ3) is 2.47. The second-order valence-electron chi connectivity index (χ2n) is 5.27. The van der Waals surface area contributed by atoms with Crippen LogP contribution in [0, 0.1) is 0 Å². The quantitative estimate of drug-likeness (QED) is 0.543. The molecule has 124 valence electrons. The lowest BCUT2D eigenvalue weighted by Crippen LogP contribution is -2.11. The Kier molecular flexibility index (Phi) is 3.38. The van der Waals surface area contributed by atoms with Gasteiger partial charge in [-0.25, -0.2) is 14.9 Å². The zero-order valence-corrected chi connectivity index (χ0v) is 13.1. The normalized spacial score (nSPS) is 10.9. The molecule has 3 heterocycles. The van der Waals surface area contributed by atoms with Crippen LogP contribution in [0.5, 0.6) is 0 Å². The summed E-state index contributed by atoms with van der Waals surface area (Å²) in [4.78, 5) is 28.2. The van der Waals surface area contributed by atoms with Crippen molar-refractivity contribution >= 4 is 5.97 Å². The number of carbonyl (C=O) groups excluding carboxylic acids is 1. The molecule has 25 heavy (non-hydrogen) atoms. The standard InChI is InChI=1S/C16H12N6O3/c1-25-16(24)12-7-22(6-11-13(12)19-21-15(11)23)10-4-2-3-9(5-10)14-17-8-18-20-14/h2-8H,1H3,(H,21,23)(H,17,18,20). The van der Waals surface area contributed by atoms with Crippen LogP contribution in [0.2, 0.25) is 0 Å². The predicted molar refractivity (Wildman–Crippen MR) is 87.5 cm³/mol. The Morgan fingerprint density at radius 1 is 1.24 bits per heavy atom. The number of aromatic amines is 2. The van der Waals surface area contributed by atoms with Crippen molar-refractivity contribution in [3.63, 3.8) is 0 Å². The molecule has 0 spiro atoms. The molecule has 2 N–H and O–H groups in total. The van der Waals surface area contributed by atoms with Crippen molar-refractivity contribution in [2.24, 2.45) is 0 Å². The summed E-state index contributed by atoms with van der Waals surface area (Å²) in [6, 6.07) is 7.42. The summed E-state index contributed by atoms with van der Waals surface area (Å²) < 4.78 is 6.47. The third-order valence-corrected chi connectivity index (χ3v) is 3.80. The Hall–Kier alpha value is -3.75. The summed E-state index contributed by atoms with van der Waals surface area (Å²) >= 11 is 0. The molecular weight excluding hydrogens is 324 g/mol. The zero-order valence-electron chi connectivity index (χ0n) is 13.1. The molecule has 4 rings (SSSR count). The Bertz CT molecular complexity index is 1080. The Labute approximate surface area is 140 Å². The van der Waals surface area contributed by atoms with Crippen molar-refractivity contribution in [3.05, 3.63) is 58.9 Å². The Morgan fingerprint density at radius 2 is 2.12 bits per heavy atom. The second kappa shape index (κ2) is 5.71. The zero-order chi connectivity index (χ0) is 17.4. The van der Waals surface area contributed by atoms with Gasteiger partial charge in [0.25, 0.3) is 5.56 Å². The third-order valence-electron chi connectivity index (χ3n) is 3.80. The van der Waals surface area contributed by atoms with Gasteiger partial charge in [-0.15, -0.1) is 0 Å². The van der Waals surface area contributed by atoms with Gasteiger partial charge in [-0.2, -0.15) is 10.2 Å². The van der Waals surface area contributed by atoms with E-state index in [4.69, 9.17) is 4.74 Å². The van der Waals surface area contributed by atoms with E-state index < -0.39 is 5.97 Å². The van der Waals surface area contributed by atoms with Crippen LogP contribution in [0.15, 0.2) is 47.8 Å². The van der Waals surface area contributed by atoms with Crippen LogP contribution in [-0.2, 0) is 4.74 Å². The van der Waals surface area contributed by atoms with Gasteiger partial charge in [-0.1, -0.05) is 12.1 Å². The van der Waals surface area contributed by atoms with Crippen LogP contribution in [0.25, 0.3) is 28.3 Å². The van der Waals surface area contributed by atoms with E-state index in [2.05, 4.69) is 25.4 Å². The number of benzene rings is 1. The highest BCUT2D eigenvalue weighted by Gasteiger charge is 2.22. The van der Waals surface area contributed by atoms with E-state index in [1.165, 1.54) is 13.4 Å². The minimum Gasteiger partial charge on any atom is -0.465 e. The molecule has 2 aliphatic rings. The number of carbonyl (C=O) groups is 1. The SMILES string of the molecule is COC(=O)c1cn(-c2cccc(-c3ncn[nH]3)c2)cc2c(=O)[nH]nc1-2. The van der Waals surface area contributed by atoms with E-state index in [1.807, 2.05) is 24.3 Å². The number of H-pyrrole nitrogens is 2. The lowest BCUT2D eigenvalue weighted by Gasteiger charge is -2.12. The first kappa shape index (κ1) is 14.8. The first-order chi connectivity index (χ1) is 12.2. The van der Waals surface area contributed by atoms with Crippen LogP contribution < -0.4 is 5.56 Å². The number of hydrogen-bond donors (Lipinski definition) is 2. The van der Waals surface area contributed by atoms with Gasteiger partial charge < -0.3 is 9.30 Å². The lowest BCUT2D eigenvalue weighted by atomic mass is 10.1. The summed E-state index contributed by atoms with van der Waals surface area (Å²) in [7, 11) is 1.28. The topological polar surface area (TPSA) is 119 Å². The molecule has 0 aliphatic carbocycles. The van der Waals surface area contributed by atoms with Gasteiger partial charge in [0.15, 0.2) is 5.82 Å². The number of nitrogens with zero attached hydrogens (tertiary/aromatic N) is 4. The van der Waals surface area contributed by atoms with Crippen molar-refractivity contribution in [2.45, 2.75) is 0 Å². The fourth-order valence-electron chi connectivity index (χ4n) is 2.60. The van der Waals surface area contributed by atoms with Crippen LogP contribution in [0.4, 0.5) is 0 Å². The van der Waals surface area contributed by atoms with Gasteiger partial charge in [-0.3, -0.25) is 9.89 Å². The summed E-state index contributed by atoms with van der Waals surface area (Å²) in [5, 5.41) is 12.9. The maximum atomic E-state index is 12.1. The van der Waals surface area contributed by atoms with Crippen molar-refractivity contribution in [1.82, 2.24) is 29.9 Å². The first-order valence-electron chi connectivity index (χ1n) is 7.32. The van der Waals surface area contributed by atoms with E-state index in [0.717, 1.165) is 11.3 Å². The molecule has 9 nitrogen and oxygen atoms in total. The fraction of sp³-hybridized carbons (Fsp3) is 0.0625. The van der Waals surface area contributed by atoms with Gasteiger partial charge in [0.1, 0.15) is 17.6 Å². The van der Waals surface area contributed by atoms with Crippen molar-refractivity contribution in [1.29, 1.82) is 0 Å². The number of esters is 1. The lowest BCUT2D eigenvalue weighted by molar-refractivity contribution is 0.0600. The first-order valence-corrected chi connectivity index (χ1v) is 7.32. The summed E-state index contributed by atoms with van der Waals surface area (Å²) in [5.74, 6) is 0.0433. The molecule has 0 saturated heterocycles. The molecule has 0 fully saturated rings. The van der Waals surface area contributed by atoms with E-state index >= 15 is 0 Å². The molecular formula is C16H12N6O3. The van der Waals surface area contributed by atoms with Crippen LogP contribution in [0.3, 0.4) is 0 Å². The molecule has 0 radical (unpaired) electrons. The van der Waals surface area contributed by atoms with Gasteiger partial charge in [0.2, 0.25) is 0 Å². The highest BCUT2D eigenvalue weighted by Crippen LogP contribution is 2.24. The molecule has 0 atom stereocenters. The maximum absolute atomic E-state index is 12.1.